The number of nitrogens with one attached hydrogen (secondary N) is 4. The molecule has 3 heterocycles. The van der Waals surface area contributed by atoms with Gasteiger partial charge in [-0.05, 0) is 131 Å². The molecule has 1 fully saturated rings. The van der Waals surface area contributed by atoms with Crippen LogP contribution >= 0.6 is 0 Å². The standard InChI is InChI=1S/C58H82FN7O11/c1-38(2)54(63-50(68)14-9-8-11-27-66-51(69)23-24-52(66)70)57(73)61-42(6)56(72)62-46-19-17-43(18-20-46)13-10-12-26-65(28-25-60-7)58(74)76-49-22-16-40(4)55(77-53(71)37-48(67)21-15-39(49)3)41(5)33-44-34-45(59)36-47(35-44)64-29-31-75-32-30-64/h16-20,22-24,33-36,38-40,42,48-49,54-55,60,67H,8-15,21,25-32,37H2,1-7H3,(H,61,73)(H,62,72)(H,63,68)/b22-16+,41-33+/t39-,40-,42-,48+,49-,54-,55-/m0/s1. The monoisotopic (exact) mass is 1070 g/mol. The number of cyclic esters (lactones) is 1. The number of benzene rings is 2. The van der Waals surface area contributed by atoms with E-state index in [4.69, 9.17) is 14.2 Å². The molecule has 18 nitrogen and oxygen atoms in total. The molecule has 0 spiro atoms. The summed E-state index contributed by atoms with van der Waals surface area (Å²) in [5, 5.41) is 22.3. The van der Waals surface area contributed by atoms with Crippen molar-refractivity contribution in [3.8, 4) is 0 Å². The fraction of sp³-hybridized carbons (Fsp3) is 0.569. The van der Waals surface area contributed by atoms with Crippen molar-refractivity contribution in [2.45, 2.75) is 136 Å². The van der Waals surface area contributed by atoms with E-state index in [1.165, 1.54) is 24.3 Å². The molecule has 6 amide bonds. The van der Waals surface area contributed by atoms with E-state index in [1.807, 2.05) is 64.2 Å². The largest absolute Gasteiger partial charge is 0.457 e. The number of carbonyl (C=O) groups excluding carboxylic acids is 7. The van der Waals surface area contributed by atoms with Crippen LogP contribution in [0.15, 0.2) is 72.3 Å². The molecular weight excluding hydrogens is 990 g/mol. The topological polar surface area (TPSA) is 225 Å². The third kappa shape index (κ3) is 20.1. The summed E-state index contributed by atoms with van der Waals surface area (Å²) in [6.45, 7) is 15.0. The molecule has 0 saturated carbocycles. The van der Waals surface area contributed by atoms with Gasteiger partial charge in [0.15, 0.2) is 0 Å². The van der Waals surface area contributed by atoms with Gasteiger partial charge in [0.25, 0.3) is 11.8 Å². The minimum absolute atomic E-state index is 0.169. The first-order valence-corrected chi connectivity index (χ1v) is 27.3. The summed E-state index contributed by atoms with van der Waals surface area (Å²) in [7, 11) is 1.82. The molecule has 2 aromatic rings. The number of rotatable bonds is 24. The summed E-state index contributed by atoms with van der Waals surface area (Å²) < 4.78 is 32.6. The zero-order valence-electron chi connectivity index (χ0n) is 46.0. The first kappa shape index (κ1) is 61.4. The second kappa shape index (κ2) is 31.1. The van der Waals surface area contributed by atoms with Crippen molar-refractivity contribution in [2.24, 2.45) is 17.8 Å². The number of ether oxygens (including phenoxy) is 3. The highest BCUT2D eigenvalue weighted by molar-refractivity contribution is 6.12. The number of likely N-dealkylation sites (N-methyl/N-ethyl adjacent to an activating group) is 1. The van der Waals surface area contributed by atoms with E-state index in [1.54, 1.807) is 37.8 Å². The van der Waals surface area contributed by atoms with Gasteiger partial charge in [-0.15, -0.1) is 0 Å². The average molecular weight is 1070 g/mol. The first-order chi connectivity index (χ1) is 36.8. The number of hydrogen-bond donors (Lipinski definition) is 5. The van der Waals surface area contributed by atoms with Gasteiger partial charge in [-0.2, -0.15) is 0 Å². The summed E-state index contributed by atoms with van der Waals surface area (Å²) in [6, 6.07) is 10.5. The third-order valence-corrected chi connectivity index (χ3v) is 14.1. The number of unbranched alkanes of at least 4 members (excludes halogenated alkanes) is 3. The molecule has 7 atom stereocenters. The van der Waals surface area contributed by atoms with Crippen molar-refractivity contribution >= 4 is 59.0 Å². The number of imide groups is 1. The number of amides is 6. The van der Waals surface area contributed by atoms with Crippen LogP contribution in [0.4, 0.5) is 20.6 Å². The van der Waals surface area contributed by atoms with Gasteiger partial charge in [-0.3, -0.25) is 33.7 Å². The second-order valence-corrected chi connectivity index (χ2v) is 20.9. The van der Waals surface area contributed by atoms with Gasteiger partial charge in [0.05, 0.1) is 25.7 Å². The molecule has 77 heavy (non-hydrogen) atoms. The van der Waals surface area contributed by atoms with Gasteiger partial charge in [-0.1, -0.05) is 58.4 Å². The van der Waals surface area contributed by atoms with E-state index in [9.17, 15) is 43.1 Å². The molecule has 2 aromatic carbocycles. The Labute approximate surface area is 453 Å². The lowest BCUT2D eigenvalue weighted by Gasteiger charge is -2.30. The minimum atomic E-state index is -0.954. The Morgan fingerprint density at radius 3 is 2.29 bits per heavy atom. The third-order valence-electron chi connectivity index (χ3n) is 14.1. The van der Waals surface area contributed by atoms with Crippen LogP contribution < -0.4 is 26.2 Å². The SMILES string of the molecule is CNCCN(CCCCc1ccc(NC(=O)[C@H](C)NC(=O)[C@@H](NC(=O)CCCCCN2C(=O)C=CC2=O)C(C)C)cc1)C(=O)O[C@H]1/C=C/[C@H](C)[C@@H](/C(C)=C/c2cc(F)cc(N3CCOCC3)c2)OC(=O)C[C@H](O)CC[C@@H]1C. The van der Waals surface area contributed by atoms with E-state index in [2.05, 4.69) is 26.2 Å². The number of esters is 1. The van der Waals surface area contributed by atoms with E-state index in [0.29, 0.717) is 108 Å². The molecular formula is C58H82FN7O11. The second-order valence-electron chi connectivity index (χ2n) is 20.9. The fourth-order valence-corrected chi connectivity index (χ4v) is 9.38. The van der Waals surface area contributed by atoms with Gasteiger partial charge in [-0.25, -0.2) is 9.18 Å². The molecule has 1 saturated heterocycles. The normalized spacial score (nSPS) is 21.6. The Hall–Kier alpha value is -6.44. The number of morpholine rings is 1. The molecule has 0 bridgehead atoms. The van der Waals surface area contributed by atoms with Crippen LogP contribution in [0.2, 0.25) is 0 Å². The predicted molar refractivity (Wildman–Crippen MR) is 293 cm³/mol. The fourth-order valence-electron chi connectivity index (χ4n) is 9.38. The van der Waals surface area contributed by atoms with Gasteiger partial charge < -0.3 is 50.4 Å². The number of hydrogen-bond acceptors (Lipinski definition) is 13. The number of halogens is 1. The Morgan fingerprint density at radius 1 is 0.883 bits per heavy atom. The smallest absolute Gasteiger partial charge is 0.410 e. The lowest BCUT2D eigenvalue weighted by molar-refractivity contribution is -0.151. The molecule has 422 valence electrons. The summed E-state index contributed by atoms with van der Waals surface area (Å²) in [5.74, 6) is -3.61. The Kier molecular flexibility index (Phi) is 24.8. The van der Waals surface area contributed by atoms with E-state index < -0.39 is 54.3 Å². The maximum absolute atomic E-state index is 14.9. The quantitative estimate of drug-likeness (QED) is 0.0330. The van der Waals surface area contributed by atoms with Crippen LogP contribution in [0.5, 0.6) is 0 Å². The van der Waals surface area contributed by atoms with Crippen molar-refractivity contribution in [3.05, 3.63) is 89.3 Å². The molecule has 3 aliphatic heterocycles. The molecule has 0 radical (unpaired) electrons. The van der Waals surface area contributed by atoms with Gasteiger partial charge in [0.2, 0.25) is 17.7 Å². The number of anilines is 2. The lowest BCUT2D eigenvalue weighted by atomic mass is 9.91. The maximum Gasteiger partial charge on any atom is 0.410 e. The molecule has 5 rings (SSSR count). The van der Waals surface area contributed by atoms with Crippen molar-refractivity contribution in [2.75, 3.05) is 69.7 Å². The van der Waals surface area contributed by atoms with Crippen molar-refractivity contribution in [3.63, 3.8) is 0 Å². The van der Waals surface area contributed by atoms with Crippen LogP contribution in [0, 0.1) is 23.6 Å². The molecule has 0 aliphatic carbocycles. The van der Waals surface area contributed by atoms with Crippen LogP contribution in [-0.2, 0) is 49.4 Å². The van der Waals surface area contributed by atoms with Crippen LogP contribution in [0.1, 0.15) is 110 Å². The Bertz CT molecular complexity index is 2390. The van der Waals surface area contributed by atoms with Gasteiger partial charge in [0, 0.05) is 75.1 Å². The highest BCUT2D eigenvalue weighted by atomic mass is 19.1. The predicted octanol–water partition coefficient (Wildman–Crippen LogP) is 6.47. The summed E-state index contributed by atoms with van der Waals surface area (Å²) in [6.07, 6.45) is 9.87. The Balaban J connectivity index is 1.10. The number of nitrogens with zero attached hydrogens (tertiary/aromatic N) is 3. The minimum Gasteiger partial charge on any atom is -0.457 e. The zero-order chi connectivity index (χ0) is 56.0. The summed E-state index contributed by atoms with van der Waals surface area (Å²) in [5.41, 5.74) is 3.63. The number of aliphatic hydroxyl groups excluding tert-OH is 1. The molecule has 0 unspecified atom stereocenters. The summed E-state index contributed by atoms with van der Waals surface area (Å²) in [4.78, 5) is 94.6. The Morgan fingerprint density at radius 2 is 1.60 bits per heavy atom. The van der Waals surface area contributed by atoms with Crippen molar-refractivity contribution in [1.82, 2.24) is 25.8 Å². The lowest BCUT2D eigenvalue weighted by Crippen LogP contribution is -2.53. The van der Waals surface area contributed by atoms with Crippen molar-refractivity contribution in [1.29, 1.82) is 0 Å². The van der Waals surface area contributed by atoms with Crippen LogP contribution in [-0.4, -0.2) is 146 Å². The van der Waals surface area contributed by atoms with Gasteiger partial charge >= 0.3 is 12.1 Å². The van der Waals surface area contributed by atoms with Gasteiger partial charge in [0.1, 0.15) is 30.1 Å². The number of carbonyl (C=O) groups is 7. The number of aryl methyl sites for hydroxylation is 1. The first-order valence-electron chi connectivity index (χ1n) is 27.3. The highest BCUT2D eigenvalue weighted by Gasteiger charge is 2.30. The summed E-state index contributed by atoms with van der Waals surface area (Å²) >= 11 is 0. The van der Waals surface area contributed by atoms with E-state index in [-0.39, 0.29) is 60.7 Å². The average Bonchev–Trinajstić information content (AvgIpc) is 3.72. The van der Waals surface area contributed by atoms with E-state index in [0.717, 1.165) is 22.6 Å². The zero-order valence-corrected chi connectivity index (χ0v) is 46.0. The number of aliphatic hydroxyl groups is 1. The molecule has 0 aromatic heterocycles. The maximum atomic E-state index is 14.9. The highest BCUT2D eigenvalue weighted by Crippen LogP contribution is 2.28. The molecule has 19 heteroatoms. The van der Waals surface area contributed by atoms with E-state index >= 15 is 0 Å². The van der Waals surface area contributed by atoms with Crippen LogP contribution in [0.3, 0.4) is 0 Å². The van der Waals surface area contributed by atoms with Crippen molar-refractivity contribution < 1.29 is 57.3 Å². The molecule has 5 N–H and O–H groups in total. The molecule has 3 aliphatic rings. The van der Waals surface area contributed by atoms with Crippen LogP contribution in [0.25, 0.3) is 6.08 Å².